The summed E-state index contributed by atoms with van der Waals surface area (Å²) in [4.78, 5) is 8.32. The summed E-state index contributed by atoms with van der Waals surface area (Å²) in [6.07, 6.45) is 0. The van der Waals surface area contributed by atoms with Crippen LogP contribution < -0.4 is 5.48 Å². The van der Waals surface area contributed by atoms with Gasteiger partial charge in [-0.15, -0.1) is 0 Å². The molecule has 0 saturated carbocycles. The van der Waals surface area contributed by atoms with Crippen LogP contribution in [-0.4, -0.2) is 11.9 Å². The zero-order valence-corrected chi connectivity index (χ0v) is 6.48. The molecule has 8 heavy (non-hydrogen) atoms. The molecule has 0 aromatic carbocycles. The van der Waals surface area contributed by atoms with Crippen molar-refractivity contribution in [2.75, 3.05) is 7.05 Å². The standard InChI is InChI=1S/CH5BrNO4P/c1-3-7-8(4,5)6-2/h3H,1H3,(H,4,5). The van der Waals surface area contributed by atoms with Gasteiger partial charge in [-0.3, -0.25) is 0 Å². The minimum Gasteiger partial charge on any atom is -0.301 e. The summed E-state index contributed by atoms with van der Waals surface area (Å²) in [6, 6.07) is 0. The Bertz CT molecular complexity index is 106. The van der Waals surface area contributed by atoms with Crippen molar-refractivity contribution in [2.45, 2.75) is 0 Å². The van der Waals surface area contributed by atoms with E-state index in [4.69, 9.17) is 4.89 Å². The molecule has 0 fully saturated rings. The molecule has 0 aliphatic carbocycles. The smallest absolute Gasteiger partial charge is 0.301 e. The van der Waals surface area contributed by atoms with Crippen molar-refractivity contribution in [3.05, 3.63) is 0 Å². The average molecular weight is 206 g/mol. The lowest BCUT2D eigenvalue weighted by Crippen LogP contribution is -2.04. The molecule has 0 aliphatic rings. The molecule has 0 radical (unpaired) electrons. The monoisotopic (exact) mass is 205 g/mol. The van der Waals surface area contributed by atoms with Crippen molar-refractivity contribution in [1.29, 1.82) is 0 Å². The van der Waals surface area contributed by atoms with Gasteiger partial charge >= 0.3 is 7.82 Å². The van der Waals surface area contributed by atoms with E-state index >= 15 is 0 Å². The van der Waals surface area contributed by atoms with E-state index in [1.54, 1.807) is 0 Å². The molecule has 2 N–H and O–H groups in total. The van der Waals surface area contributed by atoms with Crippen molar-refractivity contribution in [2.24, 2.45) is 0 Å². The fraction of sp³-hybridized carbons (Fsp3) is 1.00. The first kappa shape index (κ1) is 8.55. The van der Waals surface area contributed by atoms with E-state index < -0.39 is 7.82 Å². The number of hydrogen-bond donors (Lipinski definition) is 2. The summed E-state index contributed by atoms with van der Waals surface area (Å²) in [5.41, 5.74) is 1.99. The highest BCUT2D eigenvalue weighted by atomic mass is 79.9. The Labute approximate surface area is 55.0 Å². The normalized spacial score (nSPS) is 17.9. The van der Waals surface area contributed by atoms with Crippen LogP contribution in [0.4, 0.5) is 0 Å². The van der Waals surface area contributed by atoms with Crippen LogP contribution in [0.5, 0.6) is 0 Å². The second-order valence-corrected chi connectivity index (χ2v) is 2.96. The lowest BCUT2D eigenvalue weighted by Gasteiger charge is -2.02. The van der Waals surface area contributed by atoms with Gasteiger partial charge in [-0.25, -0.2) is 8.18 Å². The van der Waals surface area contributed by atoms with Crippen molar-refractivity contribution in [1.82, 2.24) is 5.48 Å². The average Bonchev–Trinajstić information content (AvgIpc) is 1.67. The van der Waals surface area contributed by atoms with Gasteiger partial charge in [0.1, 0.15) is 16.3 Å². The summed E-state index contributed by atoms with van der Waals surface area (Å²) in [6.45, 7) is 0. The van der Waals surface area contributed by atoms with E-state index in [-0.39, 0.29) is 0 Å². The number of hydroxylamine groups is 1. The van der Waals surface area contributed by atoms with E-state index in [2.05, 4.69) is 24.5 Å². The molecule has 1 unspecified atom stereocenters. The molecule has 0 bridgehead atoms. The Kier molecular flexibility index (Phi) is 3.80. The molecule has 0 aliphatic heterocycles. The van der Waals surface area contributed by atoms with Gasteiger partial charge in [0.05, 0.1) is 0 Å². The van der Waals surface area contributed by atoms with Gasteiger partial charge in [0, 0.05) is 7.05 Å². The maximum atomic E-state index is 10.2. The van der Waals surface area contributed by atoms with Gasteiger partial charge in [-0.2, -0.15) is 10.1 Å². The van der Waals surface area contributed by atoms with Crippen molar-refractivity contribution < 1.29 is 17.7 Å². The molecule has 0 heterocycles. The number of hydrogen-bond acceptors (Lipinski definition) is 4. The summed E-state index contributed by atoms with van der Waals surface area (Å²) < 4.78 is 18.0. The number of rotatable bonds is 3. The second kappa shape index (κ2) is 3.55. The molecule has 7 heteroatoms. The lowest BCUT2D eigenvalue weighted by atomic mass is 11.6. The van der Waals surface area contributed by atoms with Crippen LogP contribution in [-0.2, 0) is 12.8 Å². The van der Waals surface area contributed by atoms with Crippen LogP contribution in [0.15, 0.2) is 0 Å². The van der Waals surface area contributed by atoms with Crippen molar-refractivity contribution in [3.8, 4) is 0 Å². The van der Waals surface area contributed by atoms with E-state index in [1.807, 2.05) is 5.48 Å². The highest BCUT2D eigenvalue weighted by molar-refractivity contribution is 9.06. The summed E-state index contributed by atoms with van der Waals surface area (Å²) >= 11 is 2.29. The Balaban J connectivity index is 3.55. The number of nitrogens with one attached hydrogen (secondary N) is 1. The highest BCUT2D eigenvalue weighted by Crippen LogP contribution is 2.43. The Morgan fingerprint density at radius 3 is 2.50 bits per heavy atom. The Morgan fingerprint density at radius 1 is 1.88 bits per heavy atom. The van der Waals surface area contributed by atoms with Gasteiger partial charge in [0.15, 0.2) is 0 Å². The van der Waals surface area contributed by atoms with Crippen LogP contribution in [0.3, 0.4) is 0 Å². The minimum atomic E-state index is -3.87. The molecule has 0 rings (SSSR count). The van der Waals surface area contributed by atoms with Crippen molar-refractivity contribution in [3.63, 3.8) is 0 Å². The molecule has 0 amide bonds. The molecule has 0 saturated heterocycles. The minimum absolute atomic E-state index is 1.34. The SMILES string of the molecule is CNOP(=O)(O)OBr. The number of halogens is 1. The van der Waals surface area contributed by atoms with E-state index in [1.165, 1.54) is 7.05 Å². The molecule has 1 atom stereocenters. The van der Waals surface area contributed by atoms with Gasteiger partial charge in [0.25, 0.3) is 0 Å². The third kappa shape index (κ3) is 3.54. The third-order valence-corrected chi connectivity index (χ3v) is 1.98. The summed E-state index contributed by atoms with van der Waals surface area (Å²) in [7, 11) is -2.53. The van der Waals surface area contributed by atoms with Crippen molar-refractivity contribution >= 4 is 24.1 Å². The largest absolute Gasteiger partial charge is 0.499 e. The third-order valence-electron chi connectivity index (χ3n) is 0.294. The molecule has 0 spiro atoms. The van der Waals surface area contributed by atoms with Crippen LogP contribution in [0.25, 0.3) is 0 Å². The molecule has 0 aromatic heterocycles. The first-order valence-electron chi connectivity index (χ1n) is 1.61. The predicted molar refractivity (Wildman–Crippen MR) is 30.0 cm³/mol. The second-order valence-electron chi connectivity index (χ2n) is 0.833. The molecular weight excluding hydrogens is 201 g/mol. The van der Waals surface area contributed by atoms with Crippen LogP contribution >= 0.6 is 24.1 Å². The topological polar surface area (TPSA) is 67.8 Å². The zero-order valence-electron chi connectivity index (χ0n) is 4.00. The van der Waals surface area contributed by atoms with E-state index in [0.29, 0.717) is 0 Å². The summed E-state index contributed by atoms with van der Waals surface area (Å²) in [5.74, 6) is 0. The molecular formula is CH5BrNO4P. The van der Waals surface area contributed by atoms with Gasteiger partial charge in [-0.1, -0.05) is 0 Å². The summed E-state index contributed by atoms with van der Waals surface area (Å²) in [5, 5.41) is 0. The maximum absolute atomic E-state index is 10.2. The number of phosphoric acid groups is 1. The first-order valence-corrected chi connectivity index (χ1v) is 3.75. The zero-order chi connectivity index (χ0) is 6.62. The predicted octanol–water partition coefficient (Wildman–Crippen LogP) is 0.564. The van der Waals surface area contributed by atoms with Gasteiger partial charge in [0.2, 0.25) is 0 Å². The van der Waals surface area contributed by atoms with Crippen LogP contribution in [0, 0.1) is 0 Å². The maximum Gasteiger partial charge on any atom is 0.499 e. The van der Waals surface area contributed by atoms with Gasteiger partial charge < -0.3 is 4.89 Å². The molecule has 0 aromatic rings. The molecule has 5 nitrogen and oxygen atoms in total. The molecule has 50 valence electrons. The van der Waals surface area contributed by atoms with Gasteiger partial charge in [-0.05, 0) is 0 Å². The fourth-order valence-corrected chi connectivity index (χ4v) is 0.566. The Hall–Kier alpha value is 0.550. The van der Waals surface area contributed by atoms with E-state index in [0.717, 1.165) is 0 Å². The first-order chi connectivity index (χ1) is 3.62. The van der Waals surface area contributed by atoms with Crippen LogP contribution in [0.2, 0.25) is 0 Å². The lowest BCUT2D eigenvalue weighted by molar-refractivity contribution is 0.154. The van der Waals surface area contributed by atoms with Crippen LogP contribution in [0.1, 0.15) is 0 Å². The fourth-order valence-electron chi connectivity index (χ4n) is 0.129. The highest BCUT2D eigenvalue weighted by Gasteiger charge is 2.18. The Morgan fingerprint density at radius 2 is 2.38 bits per heavy atom. The van der Waals surface area contributed by atoms with E-state index in [9.17, 15) is 4.57 Å². The quantitative estimate of drug-likeness (QED) is 0.521.